The summed E-state index contributed by atoms with van der Waals surface area (Å²) in [7, 11) is -12.2. The van der Waals surface area contributed by atoms with Crippen LogP contribution in [0.4, 0.5) is 0 Å². The number of rotatable bonds is 54. The van der Waals surface area contributed by atoms with Gasteiger partial charge in [0, 0.05) is 13.1 Å². The van der Waals surface area contributed by atoms with E-state index in [1.807, 2.05) is 0 Å². The van der Waals surface area contributed by atoms with E-state index in [2.05, 4.69) is 36.1 Å². The van der Waals surface area contributed by atoms with Gasteiger partial charge in [0.2, 0.25) is 0 Å². The minimum atomic E-state index is -4.06. The van der Waals surface area contributed by atoms with Gasteiger partial charge in [-0.25, -0.2) is 0 Å². The second-order valence-electron chi connectivity index (χ2n) is 24.8. The van der Waals surface area contributed by atoms with E-state index in [1.165, 1.54) is 274 Å². The lowest BCUT2D eigenvalue weighted by atomic mass is 10.0. The van der Waals surface area contributed by atoms with E-state index < -0.39 is 30.4 Å². The van der Waals surface area contributed by atoms with E-state index >= 15 is 0 Å². The fraction of sp³-hybridized carbons (Fsp3) is 0.722. The predicted molar refractivity (Wildman–Crippen MR) is 385 cm³/mol. The highest BCUT2D eigenvalue weighted by molar-refractivity contribution is 7.86. The van der Waals surface area contributed by atoms with Crippen LogP contribution in [-0.4, -0.2) is 77.0 Å². The Balaban J connectivity index is 0.00000119. The first-order valence-corrected chi connectivity index (χ1v) is 40.1. The van der Waals surface area contributed by atoms with Crippen LogP contribution in [0.3, 0.4) is 0 Å². The fourth-order valence-corrected chi connectivity index (χ4v) is 12.1. The number of guanidine groups is 2. The highest BCUT2D eigenvalue weighted by Crippen LogP contribution is 2.19. The number of benzene rings is 3. The molecular weight excluding hydrogens is 1200 g/mol. The molecular formula is C72H131N7O9S3. The monoisotopic (exact) mass is 1330 g/mol. The average Bonchev–Trinajstić information content (AvgIpc) is 2.22. The minimum Gasteiger partial charge on any atom is -0.370 e. The molecule has 16 nitrogen and oxygen atoms in total. The standard InChI is InChI=1S/C18H41N7.3C18H30O3S/c19-17(20)24-15-11-7-3-1-5-9-13-23-14-10-6-2-4-8-12-16-25-18(21)22;3*1-2-3-4-5-6-7-8-9-10-11-12-17-13-15-18(16-14-17)22(19,20)21/h23H,1-16H2,(H4,19,20,24)(H4,21,22,25);3*13-16H,2-12H2,1H3,(H,19,20,21). The molecule has 0 atom stereocenters. The van der Waals surface area contributed by atoms with Crippen molar-refractivity contribution in [1.29, 1.82) is 0 Å². The highest BCUT2D eigenvalue weighted by Gasteiger charge is 2.11. The number of nitrogens with zero attached hydrogens (tertiary/aromatic N) is 2. The lowest BCUT2D eigenvalue weighted by Crippen LogP contribution is -2.22. The van der Waals surface area contributed by atoms with Gasteiger partial charge in [0.05, 0.1) is 14.7 Å². The summed E-state index contributed by atoms with van der Waals surface area (Å²) in [4.78, 5) is 7.89. The molecule has 0 aliphatic rings. The number of nitrogens with two attached hydrogens (primary N) is 4. The van der Waals surface area contributed by atoms with Crippen LogP contribution in [-0.2, 0) is 49.6 Å². The largest absolute Gasteiger partial charge is 0.370 e. The predicted octanol–water partition coefficient (Wildman–Crippen LogP) is 18.0. The Labute approximate surface area is 556 Å². The number of aliphatic imine (C=N–C) groups is 2. The first-order valence-electron chi connectivity index (χ1n) is 35.7. The molecule has 0 spiro atoms. The van der Waals surface area contributed by atoms with Crippen molar-refractivity contribution in [2.75, 3.05) is 26.2 Å². The van der Waals surface area contributed by atoms with E-state index in [0.717, 1.165) is 94.2 Å². The molecule has 0 aromatic heterocycles. The molecule has 0 aliphatic carbocycles. The van der Waals surface area contributed by atoms with E-state index in [4.69, 9.17) is 36.6 Å². The Morgan fingerprint density at radius 1 is 0.297 bits per heavy atom. The summed E-state index contributed by atoms with van der Waals surface area (Å²) in [5.74, 6) is 0.405. The van der Waals surface area contributed by atoms with Gasteiger partial charge in [-0.15, -0.1) is 0 Å². The summed E-state index contributed by atoms with van der Waals surface area (Å²) in [6.07, 6.45) is 57.4. The lowest BCUT2D eigenvalue weighted by Gasteiger charge is -2.05. The first kappa shape index (κ1) is 86.9. The molecule has 0 fully saturated rings. The molecule has 0 saturated heterocycles. The molecule has 19 heteroatoms. The molecule has 3 rings (SSSR count). The van der Waals surface area contributed by atoms with Crippen molar-refractivity contribution in [3.8, 4) is 0 Å². The third kappa shape index (κ3) is 58.2. The summed E-state index contributed by atoms with van der Waals surface area (Å²) >= 11 is 0. The average molecular weight is 1340 g/mol. The van der Waals surface area contributed by atoms with Crippen LogP contribution in [0.2, 0.25) is 0 Å². The number of hydrogen-bond donors (Lipinski definition) is 8. The van der Waals surface area contributed by atoms with E-state index in [0.29, 0.717) is 0 Å². The van der Waals surface area contributed by atoms with Gasteiger partial charge < -0.3 is 28.3 Å². The summed E-state index contributed by atoms with van der Waals surface area (Å²) in [6.45, 7) is 10.6. The van der Waals surface area contributed by atoms with Gasteiger partial charge in [-0.2, -0.15) is 25.3 Å². The van der Waals surface area contributed by atoms with Crippen LogP contribution in [0.25, 0.3) is 0 Å². The topological polar surface area (TPSA) is 304 Å². The summed E-state index contributed by atoms with van der Waals surface area (Å²) < 4.78 is 92.4. The Morgan fingerprint density at radius 3 is 0.681 bits per heavy atom. The third-order valence-corrected chi connectivity index (χ3v) is 18.8. The van der Waals surface area contributed by atoms with Crippen LogP contribution in [0.5, 0.6) is 0 Å². The molecule has 0 heterocycles. The zero-order valence-corrected chi connectivity index (χ0v) is 59.7. The highest BCUT2D eigenvalue weighted by atomic mass is 32.2. The van der Waals surface area contributed by atoms with E-state index in [1.54, 1.807) is 36.4 Å². The van der Waals surface area contributed by atoms with Gasteiger partial charge in [0.25, 0.3) is 30.4 Å². The van der Waals surface area contributed by atoms with Crippen molar-refractivity contribution in [3.05, 3.63) is 89.5 Å². The van der Waals surface area contributed by atoms with Gasteiger partial charge in [0.15, 0.2) is 11.9 Å². The zero-order chi connectivity index (χ0) is 67.4. The van der Waals surface area contributed by atoms with Gasteiger partial charge in [-0.05, 0) is 130 Å². The molecule has 0 aliphatic heterocycles. The molecule has 526 valence electrons. The van der Waals surface area contributed by atoms with Crippen molar-refractivity contribution in [2.45, 2.75) is 324 Å². The van der Waals surface area contributed by atoms with Gasteiger partial charge in [-0.1, -0.05) is 282 Å². The zero-order valence-electron chi connectivity index (χ0n) is 57.3. The number of nitrogens with one attached hydrogen (secondary N) is 1. The Bertz CT molecular complexity index is 2270. The lowest BCUT2D eigenvalue weighted by molar-refractivity contribution is 0.481. The van der Waals surface area contributed by atoms with Gasteiger partial charge in [-0.3, -0.25) is 23.6 Å². The maximum atomic E-state index is 10.9. The molecule has 0 amide bonds. The fourth-order valence-electron chi connectivity index (χ4n) is 10.6. The molecule has 0 radical (unpaired) electrons. The van der Waals surface area contributed by atoms with Crippen molar-refractivity contribution in [2.24, 2.45) is 32.9 Å². The van der Waals surface area contributed by atoms with Crippen LogP contribution in [0, 0.1) is 0 Å². The van der Waals surface area contributed by atoms with Gasteiger partial charge in [0.1, 0.15) is 0 Å². The second-order valence-corrected chi connectivity index (χ2v) is 29.0. The Kier molecular flexibility index (Phi) is 56.9. The Hall–Kier alpha value is -4.11. The van der Waals surface area contributed by atoms with Crippen LogP contribution in [0.1, 0.15) is 307 Å². The quantitative estimate of drug-likeness (QED) is 0.0113. The second kappa shape index (κ2) is 59.6. The number of hydrogen-bond acceptors (Lipinski definition) is 9. The smallest absolute Gasteiger partial charge is 0.294 e. The Morgan fingerprint density at radius 2 is 0.484 bits per heavy atom. The van der Waals surface area contributed by atoms with Crippen molar-refractivity contribution in [1.82, 2.24) is 5.32 Å². The third-order valence-electron chi connectivity index (χ3n) is 16.2. The minimum absolute atomic E-state index is 0.0284. The van der Waals surface area contributed by atoms with Crippen molar-refractivity contribution < 1.29 is 38.9 Å². The van der Waals surface area contributed by atoms with E-state index in [9.17, 15) is 25.3 Å². The van der Waals surface area contributed by atoms with Crippen LogP contribution in [0.15, 0.2) is 97.5 Å². The molecule has 3 aromatic carbocycles. The van der Waals surface area contributed by atoms with Crippen LogP contribution < -0.4 is 28.3 Å². The normalized spacial score (nSPS) is 11.4. The molecule has 3 aromatic rings. The van der Waals surface area contributed by atoms with E-state index in [-0.39, 0.29) is 26.6 Å². The summed E-state index contributed by atoms with van der Waals surface area (Å²) in [5.41, 5.74) is 24.5. The maximum absolute atomic E-state index is 10.9. The van der Waals surface area contributed by atoms with Crippen molar-refractivity contribution >= 4 is 42.3 Å². The maximum Gasteiger partial charge on any atom is 0.294 e. The van der Waals surface area contributed by atoms with Crippen LogP contribution >= 0.6 is 0 Å². The number of unbranched alkanes of at least 4 members (excludes halogenated alkanes) is 37. The summed E-state index contributed by atoms with van der Waals surface area (Å²) in [5, 5.41) is 3.54. The SMILES string of the molecule is CCCCCCCCCCCCc1ccc(S(=O)(=O)O)cc1.CCCCCCCCCCCCc1ccc(S(=O)(=O)O)cc1.CCCCCCCCCCCCc1ccc(S(=O)(=O)O)cc1.NC(N)=NCCCCCCCCNCCCCCCCCN=C(N)N. The number of aryl methyl sites for hydroxylation is 3. The van der Waals surface area contributed by atoms with Crippen molar-refractivity contribution in [3.63, 3.8) is 0 Å². The molecule has 0 saturated carbocycles. The molecule has 0 bridgehead atoms. The molecule has 0 unspecified atom stereocenters. The van der Waals surface area contributed by atoms with Gasteiger partial charge >= 0.3 is 0 Å². The first-order chi connectivity index (χ1) is 43.7. The summed E-state index contributed by atoms with van der Waals surface area (Å²) in [6, 6.07) is 19.6. The molecule has 91 heavy (non-hydrogen) atoms. The molecule has 12 N–H and O–H groups in total.